The third-order valence-corrected chi connectivity index (χ3v) is 17.0. The first-order chi connectivity index (χ1) is 41.7. The van der Waals surface area contributed by atoms with Gasteiger partial charge in [0.05, 0.1) is 36.2 Å². The van der Waals surface area contributed by atoms with Crippen LogP contribution >= 0.6 is 0 Å². The topological polar surface area (TPSA) is 237 Å². The SMILES string of the molecule is CCC=CCC=CCC=CCC=CCC=CCC=CCCCOC(=O)O[C@@H](C(=O)O[C@H]1C[C@@]2(O)[C@@H](OC(=O)c3ccccc3)[C@@H]3[C@]4(OC(C)=O)CO[C@@H]4C[C@H](O)[C@@]3(C)C(=O)[C@H](OC(C)=O)C(=C1C)C2(C)C)[C@@H](NC(=O)c1ccccc1)c1ccccc1. The van der Waals surface area contributed by atoms with E-state index in [-0.39, 0.29) is 41.9 Å². The van der Waals surface area contributed by atoms with E-state index in [1.54, 1.807) is 92.7 Å². The Kier molecular flexibility index (Phi) is 23.4. The van der Waals surface area contributed by atoms with Crippen LogP contribution in [0.4, 0.5) is 4.79 Å². The molecule has 3 N–H and O–H groups in total. The molecule has 3 aromatic rings. The molecule has 464 valence electrons. The van der Waals surface area contributed by atoms with E-state index >= 15 is 9.59 Å². The van der Waals surface area contributed by atoms with Crippen molar-refractivity contribution in [1.29, 1.82) is 0 Å². The maximum Gasteiger partial charge on any atom is 0.509 e. The summed E-state index contributed by atoms with van der Waals surface area (Å²) >= 11 is 0. The monoisotopic (exact) mass is 1190 g/mol. The van der Waals surface area contributed by atoms with Crippen LogP contribution in [0.1, 0.15) is 145 Å². The summed E-state index contributed by atoms with van der Waals surface area (Å²) in [5.41, 5.74) is -7.52. The highest BCUT2D eigenvalue weighted by Crippen LogP contribution is 2.64. The van der Waals surface area contributed by atoms with E-state index in [2.05, 4.69) is 73.0 Å². The van der Waals surface area contributed by atoms with E-state index in [1.165, 1.54) is 26.0 Å². The van der Waals surface area contributed by atoms with Gasteiger partial charge in [-0.2, -0.15) is 0 Å². The summed E-state index contributed by atoms with van der Waals surface area (Å²) in [5, 5.41) is 29.2. The molecule has 7 rings (SSSR count). The number of esters is 4. The van der Waals surface area contributed by atoms with Gasteiger partial charge in [0.15, 0.2) is 17.5 Å². The van der Waals surface area contributed by atoms with Crippen LogP contribution < -0.4 is 5.32 Å². The standard InChI is InChI=1S/C70H83NO16/c1-8-9-10-11-12-13-14-15-16-17-18-19-20-21-22-23-24-25-26-36-43-81-66(79)85-59(57(50-37-30-27-31-38-50)71-63(76)51-39-32-28-33-40-51)65(78)84-53-45-70(80)62(86-64(77)52-41-34-29-35-42-52)60-68(7,54(74)44-55-69(60,46-82-55)87-49(4)73)61(75)58(83-48(3)72)56(47(53)2)67(70,5)6/h9-10,12-13,15-16,18-19,21-22,24-25,27-35,37-42,53-55,57-60,62,74,80H,8,11,14,17,20,23,26,36,43-46H2,1-7H3,(H,71,76)/t53-,54-,55+,57-,58+,59+,60-,62-,68+,69-,70+/m0/s1. The number of hydrogen-bond acceptors (Lipinski definition) is 16. The second-order valence-corrected chi connectivity index (χ2v) is 23.1. The van der Waals surface area contributed by atoms with Crippen LogP contribution in [0.15, 0.2) is 175 Å². The number of nitrogens with one attached hydrogen (secondary N) is 1. The van der Waals surface area contributed by atoms with Crippen LogP contribution in [0.25, 0.3) is 0 Å². The molecule has 0 spiro atoms. The van der Waals surface area contributed by atoms with Gasteiger partial charge >= 0.3 is 30.0 Å². The fourth-order valence-corrected chi connectivity index (χ4v) is 12.4. The van der Waals surface area contributed by atoms with Gasteiger partial charge in [-0.1, -0.05) is 160 Å². The largest absolute Gasteiger partial charge is 0.509 e. The number of benzene rings is 3. The summed E-state index contributed by atoms with van der Waals surface area (Å²) in [7, 11) is 0. The van der Waals surface area contributed by atoms with Crippen molar-refractivity contribution in [3.63, 3.8) is 0 Å². The van der Waals surface area contributed by atoms with Crippen molar-refractivity contribution in [2.45, 2.75) is 167 Å². The summed E-state index contributed by atoms with van der Waals surface area (Å²) in [5.74, 6) is -7.08. The molecule has 17 nitrogen and oxygen atoms in total. The Hall–Kier alpha value is -7.99. The quantitative estimate of drug-likeness (QED) is 0.0293. The summed E-state index contributed by atoms with van der Waals surface area (Å²) in [6.45, 7) is 9.92. The van der Waals surface area contributed by atoms with E-state index in [0.29, 0.717) is 24.8 Å². The predicted molar refractivity (Wildman–Crippen MR) is 325 cm³/mol. The number of aliphatic hydroxyl groups excluding tert-OH is 1. The first-order valence-electron chi connectivity index (χ1n) is 30.0. The summed E-state index contributed by atoms with van der Waals surface area (Å²) in [6.07, 6.45) is 19.4. The predicted octanol–water partition coefficient (Wildman–Crippen LogP) is 11.4. The van der Waals surface area contributed by atoms with E-state index in [1.807, 2.05) is 12.2 Å². The third-order valence-electron chi connectivity index (χ3n) is 17.0. The lowest BCUT2D eigenvalue weighted by molar-refractivity contribution is -0.346. The molecule has 3 fully saturated rings. The van der Waals surface area contributed by atoms with E-state index in [4.69, 9.17) is 33.2 Å². The Morgan fingerprint density at radius 3 is 1.78 bits per heavy atom. The van der Waals surface area contributed by atoms with E-state index < -0.39 is 119 Å². The molecule has 11 atom stereocenters. The minimum absolute atomic E-state index is 0.0434. The highest BCUT2D eigenvalue weighted by Gasteiger charge is 2.78. The zero-order valence-corrected chi connectivity index (χ0v) is 50.8. The molecule has 87 heavy (non-hydrogen) atoms. The number of allylic oxidation sites excluding steroid dienone is 12. The fraction of sp³-hybridized carbons (Fsp3) is 0.443. The number of carbonyl (C=O) groups excluding carboxylic acids is 7. The van der Waals surface area contributed by atoms with Crippen LogP contribution in [0, 0.1) is 16.7 Å². The number of rotatable bonds is 26. The molecule has 1 amide bonds. The summed E-state index contributed by atoms with van der Waals surface area (Å²) in [4.78, 5) is 100. The van der Waals surface area contributed by atoms with Gasteiger partial charge in [-0.05, 0) is 106 Å². The average Bonchev–Trinajstić information content (AvgIpc) is 0.682. The molecule has 1 aliphatic heterocycles. The molecule has 2 bridgehead atoms. The molecular weight excluding hydrogens is 1110 g/mol. The number of Topliss-reactive ketones (excluding diaryl/α,β-unsaturated/α-hetero) is 1. The van der Waals surface area contributed by atoms with Gasteiger partial charge in [0.1, 0.15) is 30.0 Å². The minimum Gasteiger partial charge on any atom is -0.455 e. The molecule has 0 radical (unpaired) electrons. The number of carbonyl (C=O) groups is 7. The van der Waals surface area contributed by atoms with Gasteiger partial charge in [-0.25, -0.2) is 14.4 Å². The van der Waals surface area contributed by atoms with Crippen molar-refractivity contribution in [3.8, 4) is 0 Å². The number of amides is 1. The van der Waals surface area contributed by atoms with Crippen molar-refractivity contribution in [2.24, 2.45) is 16.7 Å². The minimum atomic E-state index is -2.48. The zero-order valence-electron chi connectivity index (χ0n) is 50.8. The van der Waals surface area contributed by atoms with Crippen LogP contribution in [0.5, 0.6) is 0 Å². The molecule has 1 heterocycles. The Labute approximate surface area is 510 Å². The third kappa shape index (κ3) is 15.6. The number of ether oxygens (including phenoxy) is 7. The molecule has 0 aromatic heterocycles. The van der Waals surface area contributed by atoms with Gasteiger partial charge in [-0.3, -0.25) is 19.2 Å². The van der Waals surface area contributed by atoms with Gasteiger partial charge < -0.3 is 48.7 Å². The highest BCUT2D eigenvalue weighted by atomic mass is 16.7. The normalized spacial score (nSPS) is 26.6. The van der Waals surface area contributed by atoms with Gasteiger partial charge in [-0.15, -0.1) is 0 Å². The lowest BCUT2D eigenvalue weighted by Crippen LogP contribution is -2.82. The Balaban J connectivity index is 1.17. The van der Waals surface area contributed by atoms with E-state index in [9.17, 15) is 34.2 Å². The number of aliphatic hydroxyl groups is 2. The van der Waals surface area contributed by atoms with Crippen molar-refractivity contribution in [2.75, 3.05) is 13.2 Å². The Morgan fingerprint density at radius 1 is 0.713 bits per heavy atom. The Morgan fingerprint density at radius 2 is 1.25 bits per heavy atom. The van der Waals surface area contributed by atoms with Crippen molar-refractivity contribution in [1.82, 2.24) is 5.32 Å². The molecule has 17 heteroatoms. The second kappa shape index (κ2) is 30.6. The smallest absolute Gasteiger partial charge is 0.455 e. The van der Waals surface area contributed by atoms with Crippen LogP contribution in [-0.4, -0.2) is 113 Å². The van der Waals surface area contributed by atoms with Gasteiger partial charge in [0.2, 0.25) is 6.10 Å². The molecule has 3 aromatic carbocycles. The second-order valence-electron chi connectivity index (χ2n) is 23.1. The van der Waals surface area contributed by atoms with Gasteiger partial charge in [0, 0.05) is 37.7 Å². The molecule has 2 saturated carbocycles. The van der Waals surface area contributed by atoms with Crippen molar-refractivity contribution < 1.29 is 76.9 Å². The number of hydrogen-bond donors (Lipinski definition) is 3. The summed E-state index contributed by atoms with van der Waals surface area (Å²) in [6, 6.07) is 22.8. The lowest BCUT2D eigenvalue weighted by Gasteiger charge is -2.67. The van der Waals surface area contributed by atoms with Gasteiger partial charge in [0.25, 0.3) is 5.91 Å². The number of unbranched alkanes of at least 4 members (excludes halogenated alkanes) is 1. The molecular formula is C70H83NO16. The Bertz CT molecular complexity index is 3110. The highest BCUT2D eigenvalue weighted by molar-refractivity contribution is 5.96. The maximum absolute atomic E-state index is 15.8. The van der Waals surface area contributed by atoms with Crippen LogP contribution in [0.2, 0.25) is 0 Å². The number of fused-ring (bicyclic) bond motifs is 5. The zero-order chi connectivity index (χ0) is 62.8. The molecule has 4 aliphatic rings. The molecule has 0 unspecified atom stereocenters. The number of ketones is 1. The van der Waals surface area contributed by atoms with Crippen molar-refractivity contribution in [3.05, 3.63) is 192 Å². The first kappa shape index (κ1) is 66.5. The molecule has 1 saturated heterocycles. The van der Waals surface area contributed by atoms with Crippen LogP contribution in [-0.2, 0) is 52.3 Å². The lowest BCUT2D eigenvalue weighted by atomic mass is 9.44. The van der Waals surface area contributed by atoms with Crippen molar-refractivity contribution >= 4 is 41.7 Å². The van der Waals surface area contributed by atoms with E-state index in [0.717, 1.165) is 46.0 Å². The molecule has 3 aliphatic carbocycles. The fourth-order valence-electron chi connectivity index (χ4n) is 12.4. The van der Waals surface area contributed by atoms with Crippen LogP contribution in [0.3, 0.4) is 0 Å². The summed E-state index contributed by atoms with van der Waals surface area (Å²) < 4.78 is 42.5. The maximum atomic E-state index is 15.8. The first-order valence-corrected chi connectivity index (χ1v) is 30.0. The average molecular weight is 1190 g/mol.